The van der Waals surface area contributed by atoms with Gasteiger partial charge < -0.3 is 9.32 Å². The van der Waals surface area contributed by atoms with Crippen molar-refractivity contribution in [1.82, 2.24) is 24.4 Å². The number of imidazole rings is 1. The van der Waals surface area contributed by atoms with E-state index in [-0.39, 0.29) is 11.8 Å². The van der Waals surface area contributed by atoms with Crippen LogP contribution in [0.2, 0.25) is 5.02 Å². The van der Waals surface area contributed by atoms with Crippen LogP contribution in [0.4, 0.5) is 0 Å². The molecule has 8 heteroatoms. The number of hydrogen-bond donors (Lipinski definition) is 0. The molecule has 0 bridgehead atoms. The van der Waals surface area contributed by atoms with Gasteiger partial charge in [0.1, 0.15) is 17.4 Å². The van der Waals surface area contributed by atoms with Crippen molar-refractivity contribution in [3.63, 3.8) is 0 Å². The zero-order valence-electron chi connectivity index (χ0n) is 19.0. The Morgan fingerprint density at radius 2 is 2.09 bits per heavy atom. The summed E-state index contributed by atoms with van der Waals surface area (Å²) in [5.74, 6) is 3.24. The third kappa shape index (κ3) is 4.75. The highest BCUT2D eigenvalue weighted by Gasteiger charge is 2.28. The molecule has 0 saturated carbocycles. The van der Waals surface area contributed by atoms with Gasteiger partial charge in [0, 0.05) is 49.5 Å². The van der Waals surface area contributed by atoms with Crippen LogP contribution in [-0.2, 0) is 12.8 Å². The van der Waals surface area contributed by atoms with Crippen LogP contribution in [-0.4, -0.2) is 43.4 Å². The molecular weight excluding hydrogens is 450 g/mol. The van der Waals surface area contributed by atoms with E-state index in [0.29, 0.717) is 36.0 Å². The lowest BCUT2D eigenvalue weighted by Gasteiger charge is -2.31. The fraction of sp³-hybridized carbons (Fsp3) is 0.308. The van der Waals surface area contributed by atoms with Crippen LogP contribution in [0, 0.1) is 0 Å². The predicted octanol–water partition coefficient (Wildman–Crippen LogP) is 5.08. The molecule has 1 aromatic carbocycles. The Bertz CT molecular complexity index is 1280. The van der Waals surface area contributed by atoms with Gasteiger partial charge >= 0.3 is 0 Å². The smallest absolute Gasteiger partial charge is 0.255 e. The summed E-state index contributed by atoms with van der Waals surface area (Å²) < 4.78 is 8.01. The molecule has 0 N–H and O–H groups in total. The maximum Gasteiger partial charge on any atom is 0.255 e. The van der Waals surface area contributed by atoms with Gasteiger partial charge in [-0.25, -0.2) is 15.0 Å². The van der Waals surface area contributed by atoms with Crippen molar-refractivity contribution >= 4 is 17.5 Å². The molecule has 3 aromatic heterocycles. The van der Waals surface area contributed by atoms with Gasteiger partial charge in [0.25, 0.3) is 5.91 Å². The summed E-state index contributed by atoms with van der Waals surface area (Å²) in [5.41, 5.74) is 1.66. The Labute approximate surface area is 203 Å². The average molecular weight is 476 g/mol. The first-order valence-electron chi connectivity index (χ1n) is 11.6. The van der Waals surface area contributed by atoms with Gasteiger partial charge in [-0.15, -0.1) is 0 Å². The first-order valence-corrected chi connectivity index (χ1v) is 12.0. The van der Waals surface area contributed by atoms with Crippen molar-refractivity contribution in [2.75, 3.05) is 13.1 Å². The Balaban J connectivity index is 1.25. The number of aromatic nitrogens is 4. The number of piperidine rings is 1. The van der Waals surface area contributed by atoms with E-state index in [1.165, 1.54) is 0 Å². The largest absolute Gasteiger partial charge is 0.445 e. The van der Waals surface area contributed by atoms with Gasteiger partial charge in [0.05, 0.1) is 17.7 Å². The maximum atomic E-state index is 13.2. The summed E-state index contributed by atoms with van der Waals surface area (Å²) in [4.78, 5) is 28.4. The minimum atomic E-state index is -0.0178. The zero-order valence-corrected chi connectivity index (χ0v) is 19.8. The summed E-state index contributed by atoms with van der Waals surface area (Å²) in [6.07, 6.45) is 10.4. The lowest BCUT2D eigenvalue weighted by Crippen LogP contribution is -2.39. The number of carbonyl (C=O) groups is 1. The monoisotopic (exact) mass is 475 g/mol. The molecule has 5 rings (SSSR count). The van der Waals surface area contributed by atoms with Crippen molar-refractivity contribution < 1.29 is 9.21 Å². The van der Waals surface area contributed by atoms with Gasteiger partial charge in [-0.1, -0.05) is 30.7 Å². The number of likely N-dealkylation sites (tertiary alicyclic amines) is 1. The van der Waals surface area contributed by atoms with Crippen molar-refractivity contribution in [1.29, 1.82) is 0 Å². The summed E-state index contributed by atoms with van der Waals surface area (Å²) >= 11 is 6.09. The number of rotatable bonds is 6. The quantitative estimate of drug-likeness (QED) is 0.388. The van der Waals surface area contributed by atoms with Gasteiger partial charge in [-0.05, 0) is 42.7 Å². The third-order valence-electron chi connectivity index (χ3n) is 6.17. The fourth-order valence-corrected chi connectivity index (χ4v) is 4.66. The number of oxazole rings is 1. The molecule has 174 valence electrons. The zero-order chi connectivity index (χ0) is 23.5. The van der Waals surface area contributed by atoms with Crippen LogP contribution in [0.25, 0.3) is 5.82 Å². The predicted molar refractivity (Wildman–Crippen MR) is 129 cm³/mol. The highest BCUT2D eigenvalue weighted by atomic mass is 35.5. The summed E-state index contributed by atoms with van der Waals surface area (Å²) in [6, 6.07) is 11.4. The fourth-order valence-electron chi connectivity index (χ4n) is 4.45. The maximum absolute atomic E-state index is 13.2. The van der Waals surface area contributed by atoms with E-state index in [0.717, 1.165) is 42.2 Å². The molecule has 0 radical (unpaired) electrons. The Hall–Kier alpha value is -3.45. The number of carbonyl (C=O) groups excluding carboxylic acids is 1. The number of pyridine rings is 1. The number of nitrogens with zero attached hydrogens (tertiary/aromatic N) is 5. The molecule has 1 atom stereocenters. The van der Waals surface area contributed by atoms with Crippen molar-refractivity contribution in [2.24, 2.45) is 0 Å². The highest BCUT2D eigenvalue weighted by molar-refractivity contribution is 6.30. The first-order chi connectivity index (χ1) is 16.6. The Kier molecular flexibility index (Phi) is 6.45. The summed E-state index contributed by atoms with van der Waals surface area (Å²) in [7, 11) is 0. The second-order valence-corrected chi connectivity index (χ2v) is 8.97. The van der Waals surface area contributed by atoms with Crippen LogP contribution in [0.5, 0.6) is 0 Å². The molecule has 1 aliphatic heterocycles. The molecule has 1 fully saturated rings. The Morgan fingerprint density at radius 1 is 1.18 bits per heavy atom. The SMILES string of the molecule is CCc1nccn1-c1ccc(C(=O)N2CCCC(c3ncc(Cc4cccc(Cl)c4)o3)C2)cn1. The van der Waals surface area contributed by atoms with Crippen molar-refractivity contribution in [3.05, 3.63) is 94.8 Å². The third-order valence-corrected chi connectivity index (χ3v) is 6.41. The summed E-state index contributed by atoms with van der Waals surface area (Å²) in [6.45, 7) is 3.35. The topological polar surface area (TPSA) is 77.0 Å². The molecule has 0 aliphatic carbocycles. The lowest BCUT2D eigenvalue weighted by molar-refractivity contribution is 0.0697. The number of hydrogen-bond acceptors (Lipinski definition) is 5. The van der Waals surface area contributed by atoms with Crippen LogP contribution >= 0.6 is 11.6 Å². The number of amides is 1. The number of benzene rings is 1. The van der Waals surface area contributed by atoms with Crippen LogP contribution in [0.3, 0.4) is 0 Å². The lowest BCUT2D eigenvalue weighted by atomic mass is 9.97. The van der Waals surface area contributed by atoms with Crippen molar-refractivity contribution in [3.8, 4) is 5.82 Å². The molecule has 1 aliphatic rings. The molecule has 0 spiro atoms. The second-order valence-electron chi connectivity index (χ2n) is 8.53. The van der Waals surface area contributed by atoms with E-state index in [4.69, 9.17) is 16.0 Å². The summed E-state index contributed by atoms with van der Waals surface area (Å²) in [5, 5.41) is 0.706. The molecule has 1 amide bonds. The van der Waals surface area contributed by atoms with E-state index in [1.54, 1.807) is 18.6 Å². The molecule has 1 unspecified atom stereocenters. The molecule has 7 nitrogen and oxygen atoms in total. The highest BCUT2D eigenvalue weighted by Crippen LogP contribution is 2.28. The van der Waals surface area contributed by atoms with Crippen LogP contribution in [0.15, 0.2) is 65.6 Å². The van der Waals surface area contributed by atoms with E-state index >= 15 is 0 Å². The molecule has 1 saturated heterocycles. The van der Waals surface area contributed by atoms with Gasteiger partial charge in [-0.2, -0.15) is 0 Å². The van der Waals surface area contributed by atoms with Gasteiger partial charge in [0.15, 0.2) is 5.89 Å². The Morgan fingerprint density at radius 3 is 2.88 bits per heavy atom. The molecule has 4 heterocycles. The minimum Gasteiger partial charge on any atom is -0.445 e. The number of halogens is 1. The van der Waals surface area contributed by atoms with Crippen molar-refractivity contribution in [2.45, 2.75) is 38.5 Å². The van der Waals surface area contributed by atoms with Crippen LogP contribution < -0.4 is 0 Å². The molecular formula is C26H26ClN5O2. The normalized spacial score (nSPS) is 16.1. The van der Waals surface area contributed by atoms with Crippen LogP contribution in [0.1, 0.15) is 59.1 Å². The van der Waals surface area contributed by atoms with E-state index in [9.17, 15) is 4.79 Å². The minimum absolute atomic E-state index is 0.0178. The van der Waals surface area contributed by atoms with E-state index in [1.807, 2.05) is 52.1 Å². The first kappa shape index (κ1) is 22.3. The second kappa shape index (κ2) is 9.81. The van der Waals surface area contributed by atoms with Gasteiger partial charge in [0.2, 0.25) is 0 Å². The van der Waals surface area contributed by atoms with E-state index < -0.39 is 0 Å². The van der Waals surface area contributed by atoms with Gasteiger partial charge in [-0.3, -0.25) is 9.36 Å². The molecule has 4 aromatic rings. The molecule has 34 heavy (non-hydrogen) atoms. The standard InChI is InChI=1S/C26H26ClN5O2/c1-2-23-28-10-12-32(23)24-9-8-19(15-29-24)26(33)31-11-4-6-20(17-31)25-30-16-22(34-25)14-18-5-3-7-21(27)13-18/h3,5,7-10,12-13,15-16,20H,2,4,6,11,14,17H2,1H3. The van der Waals surface area contributed by atoms with E-state index in [2.05, 4.69) is 21.9 Å². The number of aryl methyl sites for hydroxylation is 1. The average Bonchev–Trinajstić information content (AvgIpc) is 3.53.